The van der Waals surface area contributed by atoms with Gasteiger partial charge >= 0.3 is 0 Å². The summed E-state index contributed by atoms with van der Waals surface area (Å²) in [6, 6.07) is 20.7. The third-order valence-electron chi connectivity index (χ3n) is 5.03. The van der Waals surface area contributed by atoms with E-state index in [2.05, 4.69) is 45.2 Å². The molecule has 0 spiro atoms. The van der Waals surface area contributed by atoms with Gasteiger partial charge in [-0.15, -0.1) is 10.2 Å². The molecule has 4 rings (SSSR count). The molecule has 0 aliphatic heterocycles. The van der Waals surface area contributed by atoms with Crippen LogP contribution in [-0.4, -0.2) is 54.1 Å². The fourth-order valence-corrected chi connectivity index (χ4v) is 4.60. The molecule has 0 atom stereocenters. The molecule has 0 amide bonds. The third-order valence-corrected chi connectivity index (χ3v) is 6.80. The molecule has 0 bridgehead atoms. The number of fused-ring (bicyclic) bond motifs is 1. The monoisotopic (exact) mass is 489 g/mol. The van der Waals surface area contributed by atoms with Crippen LogP contribution in [0.25, 0.3) is 10.2 Å². The van der Waals surface area contributed by atoms with E-state index in [9.17, 15) is 13.0 Å². The van der Waals surface area contributed by atoms with Crippen molar-refractivity contribution in [2.24, 2.45) is 10.2 Å². The second-order valence-electron chi connectivity index (χ2n) is 7.27. The Balaban J connectivity index is 0.00000306. The summed E-state index contributed by atoms with van der Waals surface area (Å²) in [6.45, 7) is 5.83. The molecule has 3 aromatic carbocycles. The van der Waals surface area contributed by atoms with Crippen molar-refractivity contribution in [3.63, 3.8) is 0 Å². The van der Waals surface area contributed by atoms with Crippen molar-refractivity contribution in [1.82, 2.24) is 4.98 Å². The van der Waals surface area contributed by atoms with E-state index >= 15 is 0 Å². The Hall–Kier alpha value is -2.14. The summed E-state index contributed by atoms with van der Waals surface area (Å²) in [5, 5.41) is 8.99. The second kappa shape index (κ2) is 10.9. The summed E-state index contributed by atoms with van der Waals surface area (Å²) in [7, 11) is -4.27. The molecule has 0 unspecified atom stereocenters. The number of benzene rings is 3. The molecule has 1 heterocycles. The van der Waals surface area contributed by atoms with Crippen molar-refractivity contribution in [3.8, 4) is 0 Å². The maximum atomic E-state index is 11.3. The molecular formula is C23H22N4NaO3S2. The molecule has 0 aliphatic rings. The molecule has 10 heteroatoms. The molecule has 165 valence electrons. The van der Waals surface area contributed by atoms with E-state index in [-0.39, 0.29) is 34.5 Å². The van der Waals surface area contributed by atoms with Gasteiger partial charge in [-0.2, -0.15) is 8.42 Å². The third kappa shape index (κ3) is 6.26. The van der Waals surface area contributed by atoms with E-state index in [0.29, 0.717) is 10.6 Å². The molecule has 7 nitrogen and oxygen atoms in total. The molecule has 0 saturated carbocycles. The number of azo groups is 1. The number of aromatic nitrogens is 1. The number of aryl methyl sites for hydroxylation is 1. The molecular weight excluding hydrogens is 467 g/mol. The van der Waals surface area contributed by atoms with Gasteiger partial charge in [0.2, 0.25) is 5.13 Å². The van der Waals surface area contributed by atoms with Crippen molar-refractivity contribution < 1.29 is 13.0 Å². The zero-order chi connectivity index (χ0) is 22.7. The van der Waals surface area contributed by atoms with Crippen LogP contribution in [0.4, 0.5) is 16.5 Å². The zero-order valence-corrected chi connectivity index (χ0v) is 22.3. The Morgan fingerprint density at radius 2 is 1.79 bits per heavy atom. The fourth-order valence-electron chi connectivity index (χ4n) is 3.33. The first-order chi connectivity index (χ1) is 15.3. The predicted octanol–water partition coefficient (Wildman–Crippen LogP) is 5.91. The topological polar surface area (TPSA) is 95.2 Å². The Morgan fingerprint density at radius 1 is 1.03 bits per heavy atom. The summed E-state index contributed by atoms with van der Waals surface area (Å²) in [4.78, 5) is 6.41. The summed E-state index contributed by atoms with van der Waals surface area (Å²) in [5.41, 5.74) is 4.55. The fraction of sp³-hybridized carbons (Fsp3) is 0.174. The van der Waals surface area contributed by atoms with Gasteiger partial charge in [-0.25, -0.2) is 4.98 Å². The summed E-state index contributed by atoms with van der Waals surface area (Å²) >= 11 is 1.30. The van der Waals surface area contributed by atoms with Crippen molar-refractivity contribution in [3.05, 3.63) is 77.9 Å². The van der Waals surface area contributed by atoms with Gasteiger partial charge in [-0.05, 0) is 61.4 Å². The van der Waals surface area contributed by atoms with Crippen molar-refractivity contribution >= 4 is 77.7 Å². The van der Waals surface area contributed by atoms with Gasteiger partial charge in [-0.1, -0.05) is 41.7 Å². The van der Waals surface area contributed by atoms with Gasteiger partial charge < -0.3 is 4.90 Å². The van der Waals surface area contributed by atoms with Crippen molar-refractivity contribution in [1.29, 1.82) is 0 Å². The molecule has 1 aromatic heterocycles. The van der Waals surface area contributed by atoms with Gasteiger partial charge in [0.15, 0.2) is 0 Å². The van der Waals surface area contributed by atoms with Gasteiger partial charge in [-0.3, -0.25) is 4.55 Å². The van der Waals surface area contributed by atoms with Crippen molar-refractivity contribution in [2.45, 2.75) is 25.3 Å². The van der Waals surface area contributed by atoms with Crippen LogP contribution in [0.2, 0.25) is 0 Å². The smallest absolute Gasteiger partial charge is 0.294 e. The van der Waals surface area contributed by atoms with E-state index < -0.39 is 10.1 Å². The average Bonchev–Trinajstić information content (AvgIpc) is 3.19. The van der Waals surface area contributed by atoms with E-state index in [0.717, 1.165) is 34.7 Å². The molecule has 1 N–H and O–H groups in total. The van der Waals surface area contributed by atoms with E-state index in [1.807, 2.05) is 37.3 Å². The SMILES string of the molecule is CCN(Cc1ccccc1)c1ccc(N=Nc2nc3cc(S(=O)(=O)O)ccc3s2)c(C)c1.[Na]. The number of hydrogen-bond donors (Lipinski definition) is 1. The molecule has 1 radical (unpaired) electrons. The van der Waals surface area contributed by atoms with Gasteiger partial charge in [0.25, 0.3) is 10.1 Å². The number of anilines is 1. The minimum Gasteiger partial charge on any atom is -0.367 e. The molecule has 0 fully saturated rings. The Bertz CT molecular complexity index is 1390. The summed E-state index contributed by atoms with van der Waals surface area (Å²) < 4.78 is 32.6. The maximum absolute atomic E-state index is 11.3. The van der Waals surface area contributed by atoms with E-state index in [1.54, 1.807) is 6.07 Å². The van der Waals surface area contributed by atoms with Crippen LogP contribution in [-0.2, 0) is 16.7 Å². The molecule has 33 heavy (non-hydrogen) atoms. The summed E-state index contributed by atoms with van der Waals surface area (Å²) in [5.74, 6) is 0. The van der Waals surface area contributed by atoms with Crippen LogP contribution < -0.4 is 4.90 Å². The maximum Gasteiger partial charge on any atom is 0.294 e. The standard InChI is InChI=1S/C23H22N4O3S2.Na/c1-3-27(15-17-7-5-4-6-8-17)18-9-11-20(16(2)13-18)25-26-23-24-21-14-19(32(28,29)30)10-12-22(21)31-23;/h4-14H,3,15H2,1-2H3,(H,28,29,30);. The Kier molecular flexibility index (Phi) is 8.38. The first-order valence-corrected chi connectivity index (χ1v) is 12.3. The Morgan fingerprint density at radius 3 is 2.45 bits per heavy atom. The van der Waals surface area contributed by atoms with Gasteiger partial charge in [0, 0.05) is 48.3 Å². The largest absolute Gasteiger partial charge is 0.367 e. The number of nitrogens with zero attached hydrogens (tertiary/aromatic N) is 4. The molecule has 0 saturated heterocycles. The predicted molar refractivity (Wildman–Crippen MR) is 134 cm³/mol. The van der Waals surface area contributed by atoms with E-state index in [4.69, 9.17) is 0 Å². The van der Waals surface area contributed by atoms with Gasteiger partial charge in [0.1, 0.15) is 0 Å². The first kappa shape index (κ1) is 25.5. The van der Waals surface area contributed by atoms with Crippen LogP contribution in [0.3, 0.4) is 0 Å². The van der Waals surface area contributed by atoms with Crippen LogP contribution in [0.1, 0.15) is 18.1 Å². The van der Waals surface area contributed by atoms with Crippen LogP contribution in [0.5, 0.6) is 0 Å². The normalized spacial score (nSPS) is 11.6. The minimum atomic E-state index is -4.27. The Labute approximate surface area is 219 Å². The molecule has 0 aliphatic carbocycles. The van der Waals surface area contributed by atoms with Crippen LogP contribution >= 0.6 is 11.3 Å². The van der Waals surface area contributed by atoms with Crippen molar-refractivity contribution in [2.75, 3.05) is 11.4 Å². The minimum absolute atomic E-state index is 0. The van der Waals surface area contributed by atoms with Crippen LogP contribution in [0, 0.1) is 6.92 Å². The molecule has 4 aromatic rings. The number of thiazole rings is 1. The quantitative estimate of drug-likeness (QED) is 0.198. The number of rotatable bonds is 7. The average molecular weight is 490 g/mol. The first-order valence-electron chi connectivity index (χ1n) is 10.0. The van der Waals surface area contributed by atoms with Gasteiger partial charge in [0.05, 0.1) is 20.8 Å². The van der Waals surface area contributed by atoms with E-state index in [1.165, 1.54) is 29.0 Å². The zero-order valence-electron chi connectivity index (χ0n) is 18.6. The van der Waals surface area contributed by atoms with Crippen LogP contribution in [0.15, 0.2) is 81.9 Å². The number of hydrogen-bond acceptors (Lipinski definition) is 7. The second-order valence-corrected chi connectivity index (χ2v) is 9.70. The summed E-state index contributed by atoms with van der Waals surface area (Å²) in [6.07, 6.45) is 0.